The Hall–Kier alpha value is -2.28. The first-order chi connectivity index (χ1) is 14.6. The molecule has 2 amide bonds. The molecule has 2 saturated heterocycles. The van der Waals surface area contributed by atoms with Crippen LogP contribution < -0.4 is 5.32 Å². The van der Waals surface area contributed by atoms with Crippen molar-refractivity contribution in [3.8, 4) is 0 Å². The van der Waals surface area contributed by atoms with E-state index in [0.29, 0.717) is 12.6 Å². The zero-order valence-electron chi connectivity index (χ0n) is 18.1. The Balaban J connectivity index is 0.00000272. The van der Waals surface area contributed by atoms with E-state index in [2.05, 4.69) is 34.5 Å². The summed E-state index contributed by atoms with van der Waals surface area (Å²) in [5.41, 5.74) is 2.76. The normalized spacial score (nSPS) is 23.8. The minimum absolute atomic E-state index is 0. The smallest absolute Gasteiger partial charge is 0.409 e. The fraction of sp³-hybridized carbons (Fsp3) is 0.652. The first-order valence-electron chi connectivity index (χ1n) is 11.2. The van der Waals surface area contributed by atoms with Crippen molar-refractivity contribution >= 4 is 12.2 Å². The van der Waals surface area contributed by atoms with Gasteiger partial charge in [-0.25, -0.2) is 9.59 Å². The van der Waals surface area contributed by atoms with E-state index in [1.54, 1.807) is 0 Å². The number of fused-ring (bicyclic) bond motifs is 2. The maximum atomic E-state index is 11.9. The molecule has 7 nitrogen and oxygen atoms in total. The van der Waals surface area contributed by atoms with Crippen molar-refractivity contribution in [3.05, 3.63) is 35.4 Å². The van der Waals surface area contributed by atoms with E-state index >= 15 is 0 Å². The molecule has 0 unspecified atom stereocenters. The average Bonchev–Trinajstić information content (AvgIpc) is 3.07. The van der Waals surface area contributed by atoms with Gasteiger partial charge in [0.2, 0.25) is 0 Å². The van der Waals surface area contributed by atoms with Crippen molar-refractivity contribution in [3.63, 3.8) is 0 Å². The molecule has 1 aromatic rings. The van der Waals surface area contributed by atoms with Crippen LogP contribution in [0.4, 0.5) is 9.59 Å². The lowest BCUT2D eigenvalue weighted by molar-refractivity contribution is 0.0552. The summed E-state index contributed by atoms with van der Waals surface area (Å²) in [5.74, 6) is 0. The van der Waals surface area contributed by atoms with Crippen LogP contribution in [-0.4, -0.2) is 67.9 Å². The Morgan fingerprint density at radius 2 is 1.87 bits per heavy atom. The van der Waals surface area contributed by atoms with Gasteiger partial charge in [-0.1, -0.05) is 24.3 Å². The van der Waals surface area contributed by atoms with Crippen molar-refractivity contribution in [1.29, 1.82) is 0 Å². The first-order valence-corrected chi connectivity index (χ1v) is 11.2. The number of ether oxygens (including phenoxy) is 2. The van der Waals surface area contributed by atoms with Crippen LogP contribution in [0.15, 0.2) is 24.3 Å². The molecule has 2 aliphatic heterocycles. The van der Waals surface area contributed by atoms with Gasteiger partial charge in [0.15, 0.2) is 0 Å². The van der Waals surface area contributed by atoms with Gasteiger partial charge in [-0.05, 0) is 63.2 Å². The van der Waals surface area contributed by atoms with Gasteiger partial charge in [-0.2, -0.15) is 0 Å². The number of carbonyl (C=O) groups excluding carboxylic acids is 2. The van der Waals surface area contributed by atoms with E-state index < -0.39 is 0 Å². The molecule has 1 aromatic carbocycles. The van der Waals surface area contributed by atoms with Crippen molar-refractivity contribution < 1.29 is 20.5 Å². The van der Waals surface area contributed by atoms with Crippen LogP contribution in [-0.2, 0) is 14.9 Å². The maximum Gasteiger partial charge on any atom is 0.409 e. The fourth-order valence-corrected chi connectivity index (χ4v) is 5.64. The zero-order chi connectivity index (χ0) is 21.1. The van der Waals surface area contributed by atoms with Gasteiger partial charge in [-0.3, -0.25) is 0 Å². The number of rotatable bonds is 3. The van der Waals surface area contributed by atoms with Gasteiger partial charge in [0.25, 0.3) is 0 Å². The fourth-order valence-electron chi connectivity index (χ4n) is 5.64. The number of methoxy groups -OCH3 is 1. The highest BCUT2D eigenvalue weighted by molar-refractivity contribution is 5.68. The van der Waals surface area contributed by atoms with Gasteiger partial charge in [0, 0.05) is 26.0 Å². The molecule has 4 rings (SSSR count). The Bertz CT molecular complexity index is 774. The third-order valence-electron chi connectivity index (χ3n) is 7.24. The standard InChI is InChI=1S/C23H33N3O4.H2/c1-3-30-22(28)26-12-8-17(9-13-26)25-14-10-23(11-15-25)16-20(24-21(27)29-2)18-6-4-5-7-19(18)23;/h4-7,17,20H,3,8-16H2,1-2H3,(H,24,27);1H/t20-;/m0./s1. The van der Waals surface area contributed by atoms with Gasteiger partial charge in [0.05, 0.1) is 19.8 Å². The van der Waals surface area contributed by atoms with Crippen molar-refractivity contribution in [2.24, 2.45) is 0 Å². The minimum Gasteiger partial charge on any atom is -0.453 e. The van der Waals surface area contributed by atoms with Crippen molar-refractivity contribution in [1.82, 2.24) is 15.1 Å². The molecule has 0 bridgehead atoms. The Morgan fingerprint density at radius 3 is 2.53 bits per heavy atom. The third kappa shape index (κ3) is 4.00. The lowest BCUT2D eigenvalue weighted by Gasteiger charge is -2.45. The van der Waals surface area contributed by atoms with Gasteiger partial charge < -0.3 is 24.6 Å². The lowest BCUT2D eigenvalue weighted by Crippen LogP contribution is -2.51. The second-order valence-electron chi connectivity index (χ2n) is 8.71. The number of hydrogen-bond acceptors (Lipinski definition) is 5. The molecule has 2 heterocycles. The molecule has 1 N–H and O–H groups in total. The number of likely N-dealkylation sites (tertiary alicyclic amines) is 2. The van der Waals surface area contributed by atoms with Gasteiger partial charge in [0.1, 0.15) is 0 Å². The summed E-state index contributed by atoms with van der Waals surface area (Å²) in [4.78, 5) is 28.2. The number of nitrogens with one attached hydrogen (secondary N) is 1. The van der Waals surface area contributed by atoms with Crippen LogP contribution >= 0.6 is 0 Å². The SMILES string of the molecule is CCOC(=O)N1CCC(N2CCC3(CC2)C[C@H](NC(=O)OC)c2ccccc23)CC1.[HH]. The van der Waals surface area contributed by atoms with Gasteiger partial charge in [-0.15, -0.1) is 0 Å². The molecular formula is C23H35N3O4. The van der Waals surface area contributed by atoms with Crippen LogP contribution in [0.2, 0.25) is 0 Å². The third-order valence-corrected chi connectivity index (χ3v) is 7.24. The predicted molar refractivity (Wildman–Crippen MR) is 116 cm³/mol. The molecule has 0 radical (unpaired) electrons. The van der Waals surface area contributed by atoms with E-state index in [4.69, 9.17) is 9.47 Å². The van der Waals surface area contributed by atoms with Crippen LogP contribution in [0, 0.1) is 0 Å². The summed E-state index contributed by atoms with van der Waals surface area (Å²) < 4.78 is 9.98. The zero-order valence-corrected chi connectivity index (χ0v) is 18.1. The van der Waals surface area contributed by atoms with E-state index in [1.807, 2.05) is 11.8 Å². The van der Waals surface area contributed by atoms with Gasteiger partial charge >= 0.3 is 12.2 Å². The van der Waals surface area contributed by atoms with Crippen molar-refractivity contribution in [2.75, 3.05) is 39.9 Å². The largest absolute Gasteiger partial charge is 0.453 e. The summed E-state index contributed by atoms with van der Waals surface area (Å²) >= 11 is 0. The monoisotopic (exact) mass is 417 g/mol. The molecule has 0 saturated carbocycles. The quantitative estimate of drug-likeness (QED) is 0.812. The number of alkyl carbamates (subject to hydrolysis) is 1. The van der Waals surface area contributed by atoms with Crippen molar-refractivity contribution in [2.45, 2.75) is 56.5 Å². The maximum absolute atomic E-state index is 11.9. The summed E-state index contributed by atoms with van der Waals surface area (Å²) in [5, 5.41) is 3.03. The minimum atomic E-state index is -0.363. The summed E-state index contributed by atoms with van der Waals surface area (Å²) in [6.45, 7) is 5.95. The average molecular weight is 418 g/mol. The number of hydrogen-bond donors (Lipinski definition) is 1. The summed E-state index contributed by atoms with van der Waals surface area (Å²) in [6.07, 6.45) is 4.61. The Labute approximate surface area is 180 Å². The highest BCUT2D eigenvalue weighted by Crippen LogP contribution is 2.51. The second-order valence-corrected chi connectivity index (χ2v) is 8.71. The predicted octanol–water partition coefficient (Wildman–Crippen LogP) is 3.69. The van der Waals surface area contributed by atoms with E-state index in [-0.39, 0.29) is 25.1 Å². The Kier molecular flexibility index (Phi) is 6.18. The number of carbonyl (C=O) groups is 2. The molecule has 1 atom stereocenters. The van der Waals surface area contributed by atoms with Crippen LogP contribution in [0.5, 0.6) is 0 Å². The molecule has 30 heavy (non-hydrogen) atoms. The highest BCUT2D eigenvalue weighted by Gasteiger charge is 2.46. The molecular weight excluding hydrogens is 382 g/mol. The number of amides is 2. The molecule has 166 valence electrons. The summed E-state index contributed by atoms with van der Waals surface area (Å²) in [7, 11) is 1.41. The number of benzene rings is 1. The first kappa shape index (κ1) is 21.0. The molecule has 1 spiro atoms. The van der Waals surface area contributed by atoms with Crippen LogP contribution in [0.1, 0.15) is 57.6 Å². The van der Waals surface area contributed by atoms with E-state index in [1.165, 1.54) is 18.2 Å². The van der Waals surface area contributed by atoms with Crippen LogP contribution in [0.25, 0.3) is 0 Å². The second kappa shape index (κ2) is 8.84. The molecule has 7 heteroatoms. The molecule has 1 aliphatic carbocycles. The lowest BCUT2D eigenvalue weighted by atomic mass is 9.73. The van der Waals surface area contributed by atoms with E-state index in [9.17, 15) is 9.59 Å². The number of nitrogens with zero attached hydrogens (tertiary/aromatic N) is 2. The Morgan fingerprint density at radius 1 is 1.17 bits per heavy atom. The van der Waals surface area contributed by atoms with Crippen LogP contribution in [0.3, 0.4) is 0 Å². The molecule has 3 aliphatic rings. The number of piperidine rings is 2. The molecule has 0 aromatic heterocycles. The topological polar surface area (TPSA) is 71.1 Å². The summed E-state index contributed by atoms with van der Waals surface area (Å²) in [6, 6.07) is 9.10. The highest BCUT2D eigenvalue weighted by atomic mass is 16.6. The van der Waals surface area contributed by atoms with E-state index in [0.717, 1.165) is 58.3 Å². The molecule has 2 fully saturated rings.